The Kier molecular flexibility index (Phi) is 6.31. The van der Waals surface area contributed by atoms with Crippen LogP contribution in [-0.4, -0.2) is 6.67 Å². The highest BCUT2D eigenvalue weighted by molar-refractivity contribution is 14.1. The maximum absolute atomic E-state index is 2.46. The number of nitrogens with zero attached hydrogens (tertiary/aromatic N) is 2. The fourth-order valence-corrected chi connectivity index (χ4v) is 5.73. The normalized spacial score (nSPS) is 12.8. The average Bonchev–Trinajstić information content (AvgIpc) is 3.43. The van der Waals surface area contributed by atoms with E-state index in [9.17, 15) is 0 Å². The number of hydrogen-bond acceptors (Lipinski definition) is 2. The van der Waals surface area contributed by atoms with Crippen molar-refractivity contribution >= 4 is 34.0 Å². The zero-order valence-electron chi connectivity index (χ0n) is 19.8. The van der Waals surface area contributed by atoms with Gasteiger partial charge in [0.1, 0.15) is 0 Å². The largest absolute Gasteiger partial charge is 0.327 e. The molecule has 3 heteroatoms. The molecule has 0 aliphatic carbocycles. The van der Waals surface area contributed by atoms with Crippen molar-refractivity contribution in [3.8, 4) is 33.4 Å². The van der Waals surface area contributed by atoms with E-state index >= 15 is 0 Å². The van der Waals surface area contributed by atoms with E-state index in [-0.39, 0.29) is 0 Å². The zero-order chi connectivity index (χ0) is 24.3. The van der Waals surface area contributed by atoms with Gasteiger partial charge in [-0.05, 0) is 45.3 Å². The van der Waals surface area contributed by atoms with Crippen LogP contribution in [0.4, 0.5) is 11.4 Å². The van der Waals surface area contributed by atoms with Gasteiger partial charge in [-0.15, -0.1) is 0 Å². The van der Waals surface area contributed by atoms with E-state index in [4.69, 9.17) is 0 Å². The first-order valence-corrected chi connectivity index (χ1v) is 13.2. The van der Waals surface area contributed by atoms with E-state index in [1.165, 1.54) is 48.3 Å². The van der Waals surface area contributed by atoms with Crippen LogP contribution in [0.25, 0.3) is 33.4 Å². The lowest BCUT2D eigenvalue weighted by molar-refractivity contribution is 0.975. The summed E-state index contributed by atoms with van der Waals surface area (Å²) in [7, 11) is 0. The molecule has 1 heterocycles. The molecule has 0 aromatic heterocycles. The van der Waals surface area contributed by atoms with Gasteiger partial charge in [0.2, 0.25) is 0 Å². The first-order chi connectivity index (χ1) is 17.8. The lowest BCUT2D eigenvalue weighted by Crippen LogP contribution is -2.26. The van der Waals surface area contributed by atoms with Crippen LogP contribution in [0.5, 0.6) is 0 Å². The van der Waals surface area contributed by atoms with E-state index in [0.717, 1.165) is 6.67 Å². The molecule has 0 unspecified atom stereocenters. The summed E-state index contributed by atoms with van der Waals surface area (Å²) in [4.78, 5) is 4.74. The Morgan fingerprint density at radius 2 is 0.806 bits per heavy atom. The smallest absolute Gasteiger partial charge is 0.0990 e. The Morgan fingerprint density at radius 1 is 0.417 bits per heavy atom. The molecule has 2 nitrogen and oxygen atoms in total. The summed E-state index contributed by atoms with van der Waals surface area (Å²) in [6.45, 7) is 0.740. The molecule has 0 spiro atoms. The lowest BCUT2D eigenvalue weighted by atomic mass is 9.95. The average molecular weight is 576 g/mol. The van der Waals surface area contributed by atoms with Crippen molar-refractivity contribution in [3.63, 3.8) is 0 Å². The van der Waals surface area contributed by atoms with E-state index in [0.29, 0.717) is 0 Å². The minimum Gasteiger partial charge on any atom is -0.327 e. The van der Waals surface area contributed by atoms with Crippen molar-refractivity contribution in [3.05, 3.63) is 143 Å². The number of hydrogen-bond donors (Lipinski definition) is 0. The van der Waals surface area contributed by atoms with Crippen LogP contribution < -0.4 is 9.80 Å². The number of rotatable bonds is 5. The summed E-state index contributed by atoms with van der Waals surface area (Å²) in [5.41, 5.74) is 9.83. The molecule has 0 saturated carbocycles. The summed E-state index contributed by atoms with van der Waals surface area (Å²) in [6.07, 6.45) is 4.42. The Hall–Kier alpha value is -3.83. The van der Waals surface area contributed by atoms with Gasteiger partial charge in [0, 0.05) is 32.7 Å². The molecule has 6 rings (SSSR count). The molecular formula is C33H25IN2. The van der Waals surface area contributed by atoms with Crippen molar-refractivity contribution in [2.75, 3.05) is 16.5 Å². The molecule has 0 saturated heterocycles. The van der Waals surface area contributed by atoms with Crippen LogP contribution in [0.1, 0.15) is 0 Å². The predicted octanol–water partition coefficient (Wildman–Crippen LogP) is 9.05. The monoisotopic (exact) mass is 576 g/mol. The number of halogens is 1. The highest BCUT2D eigenvalue weighted by Gasteiger charge is 2.24. The van der Waals surface area contributed by atoms with Crippen molar-refractivity contribution in [1.82, 2.24) is 0 Å². The molecule has 0 bridgehead atoms. The fraction of sp³-hybridized carbons (Fsp3) is 0.0303. The molecule has 0 N–H and O–H groups in total. The Morgan fingerprint density at radius 3 is 1.28 bits per heavy atom. The summed E-state index contributed by atoms with van der Waals surface area (Å²) in [5, 5.41) is 0. The van der Waals surface area contributed by atoms with Gasteiger partial charge >= 0.3 is 0 Å². The third kappa shape index (κ3) is 4.31. The second kappa shape index (κ2) is 10.0. The molecule has 5 aromatic carbocycles. The third-order valence-electron chi connectivity index (χ3n) is 6.58. The first kappa shape index (κ1) is 22.6. The highest BCUT2D eigenvalue weighted by Crippen LogP contribution is 2.43. The standard InChI is InChI=1S/C33H25IN2/c34-31-21-11-20-30(27-16-8-3-9-17-27)33(31)36-23-22-35(24-36)32-28(25-12-4-1-5-13-25)18-10-19-29(32)26-14-6-2-7-15-26/h1-23H,24H2. The van der Waals surface area contributed by atoms with Crippen molar-refractivity contribution in [2.45, 2.75) is 0 Å². The van der Waals surface area contributed by atoms with Crippen LogP contribution in [-0.2, 0) is 0 Å². The molecule has 0 radical (unpaired) electrons. The van der Waals surface area contributed by atoms with Gasteiger partial charge in [-0.2, -0.15) is 0 Å². The Labute approximate surface area is 226 Å². The summed E-state index contributed by atoms with van der Waals surface area (Å²) >= 11 is 2.46. The predicted molar refractivity (Wildman–Crippen MR) is 161 cm³/mol. The van der Waals surface area contributed by atoms with Gasteiger partial charge in [-0.1, -0.05) is 121 Å². The molecule has 1 aliphatic rings. The molecule has 36 heavy (non-hydrogen) atoms. The molecular weight excluding hydrogens is 551 g/mol. The second-order valence-electron chi connectivity index (χ2n) is 8.81. The summed E-state index contributed by atoms with van der Waals surface area (Å²) in [5.74, 6) is 0. The summed E-state index contributed by atoms with van der Waals surface area (Å²) in [6, 6.07) is 45.2. The van der Waals surface area contributed by atoms with Crippen molar-refractivity contribution < 1.29 is 0 Å². The second-order valence-corrected chi connectivity index (χ2v) is 9.98. The van der Waals surface area contributed by atoms with Gasteiger partial charge < -0.3 is 9.80 Å². The van der Waals surface area contributed by atoms with Crippen LogP contribution >= 0.6 is 22.6 Å². The van der Waals surface area contributed by atoms with E-state index in [1.54, 1.807) is 0 Å². The fourth-order valence-electron chi connectivity index (χ4n) is 4.92. The minimum atomic E-state index is 0.740. The van der Waals surface area contributed by atoms with Crippen molar-refractivity contribution in [2.24, 2.45) is 0 Å². The van der Waals surface area contributed by atoms with Crippen LogP contribution in [0.3, 0.4) is 0 Å². The lowest BCUT2D eigenvalue weighted by Gasteiger charge is -2.28. The van der Waals surface area contributed by atoms with Gasteiger partial charge in [-0.25, -0.2) is 0 Å². The highest BCUT2D eigenvalue weighted by atomic mass is 127. The van der Waals surface area contributed by atoms with Crippen LogP contribution in [0.15, 0.2) is 140 Å². The maximum atomic E-state index is 2.46. The summed E-state index contributed by atoms with van der Waals surface area (Å²) < 4.78 is 1.24. The number of benzene rings is 5. The van der Waals surface area contributed by atoms with Crippen LogP contribution in [0.2, 0.25) is 0 Å². The Balaban J connectivity index is 1.45. The van der Waals surface area contributed by atoms with Crippen molar-refractivity contribution in [1.29, 1.82) is 0 Å². The molecule has 1 aliphatic heterocycles. The number of para-hydroxylation sites is 2. The quantitative estimate of drug-likeness (QED) is 0.193. The maximum Gasteiger partial charge on any atom is 0.0990 e. The van der Waals surface area contributed by atoms with E-state index in [2.05, 4.69) is 172 Å². The SMILES string of the molecule is Ic1cccc(-c2ccccc2)c1N1C=CN(c2c(-c3ccccc3)cccc2-c2ccccc2)C1. The van der Waals surface area contributed by atoms with Gasteiger partial charge in [0.15, 0.2) is 0 Å². The molecule has 174 valence electrons. The molecule has 0 amide bonds. The van der Waals surface area contributed by atoms with E-state index < -0.39 is 0 Å². The topological polar surface area (TPSA) is 6.48 Å². The first-order valence-electron chi connectivity index (χ1n) is 12.1. The molecule has 0 fully saturated rings. The Bertz CT molecular complexity index is 1450. The number of anilines is 2. The van der Waals surface area contributed by atoms with Gasteiger partial charge in [0.25, 0.3) is 0 Å². The van der Waals surface area contributed by atoms with Gasteiger partial charge in [0.05, 0.1) is 18.0 Å². The van der Waals surface area contributed by atoms with Crippen LogP contribution in [0, 0.1) is 3.57 Å². The zero-order valence-corrected chi connectivity index (χ0v) is 21.9. The minimum absolute atomic E-state index is 0.740. The molecule has 5 aromatic rings. The van der Waals surface area contributed by atoms with E-state index in [1.807, 2.05) is 0 Å². The third-order valence-corrected chi connectivity index (χ3v) is 7.45. The molecule has 0 atom stereocenters. The van der Waals surface area contributed by atoms with Gasteiger partial charge in [-0.3, -0.25) is 0 Å².